The topological polar surface area (TPSA) is 72.9 Å². The third-order valence-corrected chi connectivity index (χ3v) is 3.96. The van der Waals surface area contributed by atoms with Gasteiger partial charge in [0.05, 0.1) is 18.1 Å². The van der Waals surface area contributed by atoms with Crippen molar-refractivity contribution in [2.75, 3.05) is 32.9 Å². The number of carbonyl (C=O) groups is 1. The predicted molar refractivity (Wildman–Crippen MR) is 72.4 cm³/mol. The lowest BCUT2D eigenvalue weighted by Crippen LogP contribution is -2.43. The highest BCUT2D eigenvalue weighted by molar-refractivity contribution is 7.86. The van der Waals surface area contributed by atoms with Gasteiger partial charge >= 0.3 is 10.2 Å². The zero-order valence-electron chi connectivity index (χ0n) is 11.5. The molecule has 0 spiro atoms. The van der Waals surface area contributed by atoms with Gasteiger partial charge in [-0.1, -0.05) is 0 Å². The highest BCUT2D eigenvalue weighted by Crippen LogP contribution is 2.22. The van der Waals surface area contributed by atoms with Crippen molar-refractivity contribution in [1.29, 1.82) is 0 Å². The van der Waals surface area contributed by atoms with Gasteiger partial charge in [0.1, 0.15) is 5.75 Å². The summed E-state index contributed by atoms with van der Waals surface area (Å²) in [6.45, 7) is 3.51. The molecule has 21 heavy (non-hydrogen) atoms. The minimum absolute atomic E-state index is 0.150. The van der Waals surface area contributed by atoms with E-state index in [9.17, 15) is 17.1 Å². The van der Waals surface area contributed by atoms with E-state index in [1.807, 2.05) is 0 Å². The second kappa shape index (κ2) is 6.40. The molecule has 0 radical (unpaired) electrons. The molecule has 116 valence electrons. The molecule has 6 nitrogen and oxygen atoms in total. The molecule has 0 bridgehead atoms. The lowest BCUT2D eigenvalue weighted by molar-refractivity contribution is -0.137. The van der Waals surface area contributed by atoms with Crippen LogP contribution in [-0.4, -0.2) is 52.1 Å². The van der Waals surface area contributed by atoms with Crippen molar-refractivity contribution in [3.63, 3.8) is 0 Å². The number of hydrogen-bond acceptors (Lipinski definition) is 5. The molecule has 0 saturated carbocycles. The first kappa shape index (κ1) is 15.7. The van der Waals surface area contributed by atoms with Gasteiger partial charge in [-0.3, -0.25) is 4.79 Å². The highest BCUT2D eigenvalue weighted by Gasteiger charge is 2.18. The van der Waals surface area contributed by atoms with Crippen molar-refractivity contribution in [1.82, 2.24) is 4.90 Å². The first-order valence-corrected chi connectivity index (χ1v) is 7.80. The first-order valence-electron chi connectivity index (χ1n) is 6.41. The van der Waals surface area contributed by atoms with Gasteiger partial charge in [-0.05, 0) is 30.7 Å². The fourth-order valence-corrected chi connectivity index (χ4v) is 2.53. The molecule has 1 fully saturated rings. The van der Waals surface area contributed by atoms with Gasteiger partial charge in [0.2, 0.25) is 0 Å². The molecule has 0 N–H and O–H groups in total. The van der Waals surface area contributed by atoms with E-state index < -0.39 is 15.1 Å². The number of carbonyl (C=O) groups excluding carboxylic acids is 1. The molecule has 1 saturated heterocycles. The number of halogens is 1. The molecular weight excluding hydrogens is 301 g/mol. The van der Waals surface area contributed by atoms with E-state index in [1.54, 1.807) is 11.8 Å². The van der Waals surface area contributed by atoms with Crippen LogP contribution in [0.25, 0.3) is 0 Å². The summed E-state index contributed by atoms with van der Waals surface area (Å²) in [6.07, 6.45) is 0. The van der Waals surface area contributed by atoms with E-state index >= 15 is 0 Å². The van der Waals surface area contributed by atoms with Crippen molar-refractivity contribution in [2.24, 2.45) is 0 Å². The van der Waals surface area contributed by atoms with Gasteiger partial charge in [-0.25, -0.2) is 0 Å². The minimum atomic E-state index is -4.74. The van der Waals surface area contributed by atoms with Crippen LogP contribution >= 0.6 is 0 Å². The van der Waals surface area contributed by atoms with Crippen LogP contribution in [0.2, 0.25) is 0 Å². The Morgan fingerprint density at radius 2 is 2.05 bits per heavy atom. The number of nitrogens with zero attached hydrogens (tertiary/aromatic N) is 1. The van der Waals surface area contributed by atoms with Gasteiger partial charge in [0.15, 0.2) is 6.61 Å². The molecule has 1 aliphatic heterocycles. The summed E-state index contributed by atoms with van der Waals surface area (Å²) in [5.41, 5.74) is 0.448. The minimum Gasteiger partial charge on any atom is -0.483 e. The quantitative estimate of drug-likeness (QED) is 0.771. The standard InChI is InChI=1S/C13H16FNO5S/c1-10-8-11(21(14,17)18)2-3-12(10)20-9-13(16)15-4-6-19-7-5-15/h2-3,8H,4-7,9H2,1H3. The second-order valence-electron chi connectivity index (χ2n) is 4.65. The maximum Gasteiger partial charge on any atom is 0.332 e. The maximum atomic E-state index is 12.8. The summed E-state index contributed by atoms with van der Waals surface area (Å²) in [6, 6.07) is 3.62. The Kier molecular flexibility index (Phi) is 4.79. The van der Waals surface area contributed by atoms with Crippen molar-refractivity contribution >= 4 is 16.1 Å². The van der Waals surface area contributed by atoms with Crippen LogP contribution in [0.3, 0.4) is 0 Å². The average molecular weight is 317 g/mol. The van der Waals surface area contributed by atoms with Crippen molar-refractivity contribution in [3.05, 3.63) is 23.8 Å². The summed E-state index contributed by atoms with van der Waals surface area (Å²) in [5.74, 6) is 0.184. The predicted octanol–water partition coefficient (Wildman–Crippen LogP) is 0.891. The molecule has 0 aromatic heterocycles. The van der Waals surface area contributed by atoms with E-state index in [4.69, 9.17) is 9.47 Å². The van der Waals surface area contributed by atoms with E-state index in [0.29, 0.717) is 37.6 Å². The Balaban J connectivity index is 1.98. The lowest BCUT2D eigenvalue weighted by Gasteiger charge is -2.26. The largest absolute Gasteiger partial charge is 0.483 e. The summed E-state index contributed by atoms with van der Waals surface area (Å²) in [5, 5.41) is 0. The molecule has 0 aliphatic carbocycles. The average Bonchev–Trinajstić information content (AvgIpc) is 2.45. The second-order valence-corrected chi connectivity index (χ2v) is 5.99. The van der Waals surface area contributed by atoms with Crippen LogP contribution < -0.4 is 4.74 Å². The van der Waals surface area contributed by atoms with Crippen molar-refractivity contribution in [2.45, 2.75) is 11.8 Å². The molecule has 8 heteroatoms. The Hall–Kier alpha value is -1.67. The Labute approximate surface area is 122 Å². The third-order valence-electron chi connectivity index (χ3n) is 3.14. The van der Waals surface area contributed by atoms with Gasteiger partial charge < -0.3 is 14.4 Å². The number of rotatable bonds is 4. The zero-order chi connectivity index (χ0) is 15.5. The monoisotopic (exact) mass is 317 g/mol. The number of aryl methyl sites for hydroxylation is 1. The fraction of sp³-hybridized carbons (Fsp3) is 0.462. The molecule has 1 aromatic rings. The normalized spacial score (nSPS) is 15.8. The molecule has 1 amide bonds. The summed E-state index contributed by atoms with van der Waals surface area (Å²) in [7, 11) is -4.74. The molecule has 0 atom stereocenters. The van der Waals surface area contributed by atoms with E-state index in [2.05, 4.69) is 0 Å². The van der Waals surface area contributed by atoms with Crippen LogP contribution in [0.5, 0.6) is 5.75 Å². The molecule has 1 heterocycles. The van der Waals surface area contributed by atoms with Gasteiger partial charge in [-0.15, -0.1) is 3.89 Å². The van der Waals surface area contributed by atoms with Gasteiger partial charge in [0.25, 0.3) is 5.91 Å². The van der Waals surface area contributed by atoms with Gasteiger partial charge in [-0.2, -0.15) is 8.42 Å². The fourth-order valence-electron chi connectivity index (χ4n) is 1.98. The molecule has 0 unspecified atom stereocenters. The number of ether oxygens (including phenoxy) is 2. The number of hydrogen-bond donors (Lipinski definition) is 0. The Bertz CT molecular complexity index is 625. The van der Waals surface area contributed by atoms with Gasteiger partial charge in [0, 0.05) is 13.1 Å². The Morgan fingerprint density at radius 1 is 1.38 bits per heavy atom. The summed E-state index contributed by atoms with van der Waals surface area (Å²) in [4.78, 5) is 13.1. The molecule has 1 aromatic carbocycles. The molecular formula is C13H16FNO5S. The van der Waals surface area contributed by atoms with Crippen LogP contribution in [0, 0.1) is 6.92 Å². The summed E-state index contributed by atoms with van der Waals surface area (Å²) >= 11 is 0. The van der Waals surface area contributed by atoms with Crippen LogP contribution in [0.15, 0.2) is 23.1 Å². The van der Waals surface area contributed by atoms with Crippen LogP contribution in [0.4, 0.5) is 3.89 Å². The third kappa shape index (κ3) is 4.15. The number of morpholine rings is 1. The first-order chi connectivity index (χ1) is 9.88. The number of amides is 1. The molecule has 1 aliphatic rings. The summed E-state index contributed by atoms with van der Waals surface area (Å²) < 4.78 is 44.9. The van der Waals surface area contributed by atoms with Crippen LogP contribution in [-0.2, 0) is 19.8 Å². The van der Waals surface area contributed by atoms with E-state index in [-0.39, 0.29) is 12.5 Å². The smallest absolute Gasteiger partial charge is 0.332 e. The Morgan fingerprint density at radius 3 is 2.62 bits per heavy atom. The SMILES string of the molecule is Cc1cc(S(=O)(=O)F)ccc1OCC(=O)N1CCOCC1. The van der Waals surface area contributed by atoms with Crippen molar-refractivity contribution < 1.29 is 26.6 Å². The van der Waals surface area contributed by atoms with E-state index in [0.717, 1.165) is 6.07 Å². The van der Waals surface area contributed by atoms with Crippen LogP contribution in [0.1, 0.15) is 5.56 Å². The highest BCUT2D eigenvalue weighted by atomic mass is 32.3. The van der Waals surface area contributed by atoms with E-state index in [1.165, 1.54) is 12.1 Å². The number of benzene rings is 1. The van der Waals surface area contributed by atoms with Crippen molar-refractivity contribution in [3.8, 4) is 5.75 Å². The zero-order valence-corrected chi connectivity index (χ0v) is 12.4. The maximum absolute atomic E-state index is 12.8. The molecule has 2 rings (SSSR count). The lowest BCUT2D eigenvalue weighted by atomic mass is 10.2.